The fourth-order valence-electron chi connectivity index (χ4n) is 4.97. The van der Waals surface area contributed by atoms with Gasteiger partial charge in [0, 0.05) is 12.5 Å². The lowest BCUT2D eigenvalue weighted by atomic mass is 9.82. The second kappa shape index (κ2) is 5.64. The molecule has 4 atom stereocenters. The third kappa shape index (κ3) is 2.59. The van der Waals surface area contributed by atoms with E-state index in [2.05, 4.69) is 30.4 Å². The molecule has 3 aliphatic rings. The van der Waals surface area contributed by atoms with Gasteiger partial charge in [0.1, 0.15) is 5.75 Å². The van der Waals surface area contributed by atoms with Crippen LogP contribution in [0.15, 0.2) is 18.2 Å². The topological polar surface area (TPSA) is 21.3 Å². The Kier molecular flexibility index (Phi) is 3.66. The van der Waals surface area contributed by atoms with E-state index >= 15 is 0 Å². The second-order valence-corrected chi connectivity index (χ2v) is 7.25. The molecule has 1 aromatic carbocycles. The molecule has 1 aromatic rings. The molecule has 0 amide bonds. The first-order valence-corrected chi connectivity index (χ1v) is 8.82. The van der Waals surface area contributed by atoms with Gasteiger partial charge < -0.3 is 10.1 Å². The summed E-state index contributed by atoms with van der Waals surface area (Å²) in [4.78, 5) is 0. The Balaban J connectivity index is 1.51. The number of ether oxygens (including phenoxy) is 1. The Morgan fingerprint density at radius 2 is 2.24 bits per heavy atom. The number of hydrogen-bond acceptors (Lipinski definition) is 2. The maximum Gasteiger partial charge on any atom is 0.122 e. The fraction of sp³-hybridized carbons (Fsp3) is 0.684. The molecule has 2 fully saturated rings. The molecule has 1 aliphatic heterocycles. The van der Waals surface area contributed by atoms with Crippen molar-refractivity contribution in [3.05, 3.63) is 29.3 Å². The van der Waals surface area contributed by atoms with Gasteiger partial charge in [-0.25, -0.2) is 0 Å². The van der Waals surface area contributed by atoms with Gasteiger partial charge in [0.25, 0.3) is 0 Å². The third-order valence-corrected chi connectivity index (χ3v) is 5.99. The summed E-state index contributed by atoms with van der Waals surface area (Å²) in [5.41, 5.74) is 2.88. The zero-order valence-electron chi connectivity index (χ0n) is 13.1. The summed E-state index contributed by atoms with van der Waals surface area (Å²) in [5, 5.41) is 3.74. The molecule has 0 spiro atoms. The van der Waals surface area contributed by atoms with Gasteiger partial charge in [-0.05, 0) is 67.2 Å². The van der Waals surface area contributed by atoms with E-state index in [0.29, 0.717) is 6.04 Å². The Labute approximate surface area is 128 Å². The van der Waals surface area contributed by atoms with Gasteiger partial charge in [-0.1, -0.05) is 25.5 Å². The van der Waals surface area contributed by atoms with Crippen LogP contribution >= 0.6 is 0 Å². The van der Waals surface area contributed by atoms with Crippen LogP contribution in [0, 0.1) is 17.8 Å². The maximum absolute atomic E-state index is 5.65. The van der Waals surface area contributed by atoms with Crippen LogP contribution in [0.1, 0.15) is 56.2 Å². The van der Waals surface area contributed by atoms with Crippen molar-refractivity contribution in [2.45, 2.75) is 51.5 Å². The van der Waals surface area contributed by atoms with E-state index in [1.54, 1.807) is 0 Å². The van der Waals surface area contributed by atoms with Crippen molar-refractivity contribution in [3.63, 3.8) is 0 Å². The minimum atomic E-state index is 0.533. The monoisotopic (exact) mass is 285 g/mol. The Hall–Kier alpha value is -1.02. The van der Waals surface area contributed by atoms with E-state index in [1.165, 1.54) is 43.2 Å². The van der Waals surface area contributed by atoms with Crippen LogP contribution in [-0.2, 0) is 6.42 Å². The molecule has 2 saturated carbocycles. The van der Waals surface area contributed by atoms with Gasteiger partial charge in [-0.2, -0.15) is 0 Å². The number of fused-ring (bicyclic) bond motifs is 3. The molecule has 114 valence electrons. The molecule has 0 aromatic heterocycles. The second-order valence-electron chi connectivity index (χ2n) is 7.25. The van der Waals surface area contributed by atoms with Crippen molar-refractivity contribution < 1.29 is 4.74 Å². The molecule has 2 aliphatic carbocycles. The lowest BCUT2D eigenvalue weighted by Crippen LogP contribution is -2.25. The molecule has 2 heteroatoms. The summed E-state index contributed by atoms with van der Waals surface area (Å²) in [6.07, 6.45) is 8.41. The average Bonchev–Trinajstić information content (AvgIpc) is 3.22. The molecule has 4 rings (SSSR count). The lowest BCUT2D eigenvalue weighted by molar-refractivity contribution is 0.280. The summed E-state index contributed by atoms with van der Waals surface area (Å²) in [5.74, 6) is 4.14. The number of nitrogens with one attached hydrogen (secondary N) is 1. The van der Waals surface area contributed by atoms with Crippen LogP contribution in [0.3, 0.4) is 0 Å². The predicted octanol–water partition coefficient (Wildman–Crippen LogP) is 4.10. The molecule has 1 N–H and O–H groups in total. The van der Waals surface area contributed by atoms with E-state index in [9.17, 15) is 0 Å². The summed E-state index contributed by atoms with van der Waals surface area (Å²) < 4.78 is 5.65. The Bertz CT molecular complexity index is 512. The summed E-state index contributed by atoms with van der Waals surface area (Å²) in [7, 11) is 0. The fourth-order valence-corrected chi connectivity index (χ4v) is 4.97. The van der Waals surface area contributed by atoms with Crippen LogP contribution in [0.4, 0.5) is 0 Å². The lowest BCUT2D eigenvalue weighted by Gasteiger charge is -2.27. The van der Waals surface area contributed by atoms with Crippen molar-refractivity contribution in [3.8, 4) is 5.75 Å². The third-order valence-electron chi connectivity index (χ3n) is 5.99. The number of hydrogen-bond donors (Lipinski definition) is 1. The molecule has 1 heterocycles. The molecule has 0 saturated heterocycles. The van der Waals surface area contributed by atoms with Gasteiger partial charge in [0.15, 0.2) is 0 Å². The first kappa shape index (κ1) is 13.6. The zero-order chi connectivity index (χ0) is 14.2. The van der Waals surface area contributed by atoms with E-state index in [4.69, 9.17) is 4.74 Å². The van der Waals surface area contributed by atoms with Crippen molar-refractivity contribution in [1.82, 2.24) is 5.32 Å². The highest BCUT2D eigenvalue weighted by atomic mass is 16.5. The number of benzene rings is 1. The van der Waals surface area contributed by atoms with Crippen LogP contribution in [0.2, 0.25) is 0 Å². The van der Waals surface area contributed by atoms with Gasteiger partial charge in [-0.3, -0.25) is 0 Å². The van der Waals surface area contributed by atoms with Crippen molar-refractivity contribution in [2.75, 3.05) is 13.2 Å². The molecule has 2 bridgehead atoms. The van der Waals surface area contributed by atoms with Crippen LogP contribution in [0.5, 0.6) is 5.75 Å². The molecule has 0 radical (unpaired) electrons. The standard InChI is InChI=1S/C19H27NO/c1-2-20-18(12-17-10-13-3-4-14(17)9-13)15-5-6-19-16(11-15)7-8-21-19/h5-6,11,13-14,17-18,20H,2-4,7-10,12H2,1H3. The SMILES string of the molecule is CCNC(CC1CC2CCC1C2)c1ccc2c(c1)CCO2. The highest BCUT2D eigenvalue weighted by Gasteiger charge is 2.40. The minimum Gasteiger partial charge on any atom is -0.493 e. The summed E-state index contributed by atoms with van der Waals surface area (Å²) in [6.45, 7) is 4.14. The molecular weight excluding hydrogens is 258 g/mol. The zero-order valence-corrected chi connectivity index (χ0v) is 13.1. The quantitative estimate of drug-likeness (QED) is 0.879. The van der Waals surface area contributed by atoms with Gasteiger partial charge in [0.05, 0.1) is 6.61 Å². The van der Waals surface area contributed by atoms with Crippen LogP contribution < -0.4 is 10.1 Å². The predicted molar refractivity (Wildman–Crippen MR) is 85.6 cm³/mol. The van der Waals surface area contributed by atoms with E-state index in [-0.39, 0.29) is 0 Å². The largest absolute Gasteiger partial charge is 0.493 e. The van der Waals surface area contributed by atoms with Crippen molar-refractivity contribution >= 4 is 0 Å². The minimum absolute atomic E-state index is 0.533. The Morgan fingerprint density at radius 1 is 1.29 bits per heavy atom. The first-order valence-electron chi connectivity index (χ1n) is 8.82. The van der Waals surface area contributed by atoms with Gasteiger partial charge in [-0.15, -0.1) is 0 Å². The van der Waals surface area contributed by atoms with Crippen LogP contribution in [-0.4, -0.2) is 13.2 Å². The average molecular weight is 285 g/mol. The molecule has 4 unspecified atom stereocenters. The summed E-state index contributed by atoms with van der Waals surface area (Å²) >= 11 is 0. The van der Waals surface area contributed by atoms with Crippen molar-refractivity contribution in [2.24, 2.45) is 17.8 Å². The van der Waals surface area contributed by atoms with E-state index in [1.807, 2.05) is 0 Å². The Morgan fingerprint density at radius 3 is 3.00 bits per heavy atom. The van der Waals surface area contributed by atoms with Gasteiger partial charge in [0.2, 0.25) is 0 Å². The highest BCUT2D eigenvalue weighted by Crippen LogP contribution is 2.51. The normalized spacial score (nSPS) is 31.2. The van der Waals surface area contributed by atoms with E-state index < -0.39 is 0 Å². The first-order chi connectivity index (χ1) is 10.3. The highest BCUT2D eigenvalue weighted by molar-refractivity contribution is 5.40. The molecule has 2 nitrogen and oxygen atoms in total. The molecule has 21 heavy (non-hydrogen) atoms. The van der Waals surface area contributed by atoms with Crippen molar-refractivity contribution in [1.29, 1.82) is 0 Å². The smallest absolute Gasteiger partial charge is 0.122 e. The van der Waals surface area contributed by atoms with E-state index in [0.717, 1.165) is 43.1 Å². The number of rotatable bonds is 5. The van der Waals surface area contributed by atoms with Crippen LogP contribution in [0.25, 0.3) is 0 Å². The summed E-state index contributed by atoms with van der Waals surface area (Å²) in [6, 6.07) is 7.39. The molecular formula is C19H27NO. The maximum atomic E-state index is 5.65. The van der Waals surface area contributed by atoms with Gasteiger partial charge >= 0.3 is 0 Å².